The standard InChI is InChI=1S/C42H42BNO2/c1-25-22-35-38-36(23-25)46-39-31(19-17-29-37(39)41(4,5)21-20-40(29,2)3)43(38)30-18-16-26(24-34(30)45-35)44-32-14-10-8-12-27(32)42(6,7)28-13-9-11-15-33(28)44/h8-19,22-24,29,37H,20-21H2,1-7H3/t29-,37?/m0/s1. The highest BCUT2D eigenvalue weighted by Crippen LogP contribution is 2.59. The molecule has 0 amide bonds. The molecule has 4 heteroatoms. The third kappa shape index (κ3) is 3.73. The lowest BCUT2D eigenvalue weighted by Crippen LogP contribution is -2.55. The minimum atomic E-state index is -0.0983. The smallest absolute Gasteiger partial charge is 0.260 e. The average Bonchev–Trinajstić information content (AvgIpc) is 3.02. The molecule has 1 unspecified atom stereocenters. The molecule has 0 spiro atoms. The van der Waals surface area contributed by atoms with E-state index in [0.29, 0.717) is 11.8 Å². The number of allylic oxidation sites excluding steroid dienone is 4. The molecule has 230 valence electrons. The molecule has 0 aromatic heterocycles. The van der Waals surface area contributed by atoms with E-state index in [1.165, 1.54) is 52.0 Å². The summed E-state index contributed by atoms with van der Waals surface area (Å²) >= 11 is 0. The zero-order valence-electron chi connectivity index (χ0n) is 28.1. The summed E-state index contributed by atoms with van der Waals surface area (Å²) in [4.78, 5) is 2.42. The van der Waals surface area contributed by atoms with Gasteiger partial charge in [0.25, 0.3) is 6.71 Å². The van der Waals surface area contributed by atoms with Crippen molar-refractivity contribution < 1.29 is 9.47 Å². The highest BCUT2D eigenvalue weighted by atomic mass is 16.5. The minimum absolute atomic E-state index is 0.0741. The Kier molecular flexibility index (Phi) is 5.63. The summed E-state index contributed by atoms with van der Waals surface area (Å²) in [6, 6.07) is 29.0. The van der Waals surface area contributed by atoms with Crippen LogP contribution < -0.4 is 25.3 Å². The predicted molar refractivity (Wildman–Crippen MR) is 190 cm³/mol. The van der Waals surface area contributed by atoms with Crippen LogP contribution in [0.5, 0.6) is 17.2 Å². The molecule has 1 fully saturated rings. The number of aryl methyl sites for hydroxylation is 1. The zero-order valence-corrected chi connectivity index (χ0v) is 28.1. The molecular weight excluding hydrogens is 561 g/mol. The summed E-state index contributed by atoms with van der Waals surface area (Å²) in [6.07, 6.45) is 7.35. The molecule has 4 aromatic rings. The van der Waals surface area contributed by atoms with Crippen molar-refractivity contribution >= 4 is 34.7 Å². The number of anilines is 3. The number of rotatable bonds is 1. The first-order chi connectivity index (χ1) is 22.0. The molecular formula is C42H42BNO2. The van der Waals surface area contributed by atoms with Gasteiger partial charge in [-0.05, 0) is 94.5 Å². The van der Waals surface area contributed by atoms with E-state index >= 15 is 0 Å². The maximum absolute atomic E-state index is 7.03. The molecule has 5 aliphatic rings. The summed E-state index contributed by atoms with van der Waals surface area (Å²) in [5.74, 6) is 4.77. The molecule has 0 radical (unpaired) electrons. The van der Waals surface area contributed by atoms with Gasteiger partial charge in [0, 0.05) is 28.5 Å². The van der Waals surface area contributed by atoms with Crippen molar-refractivity contribution in [3.63, 3.8) is 0 Å². The van der Waals surface area contributed by atoms with Gasteiger partial charge in [-0.3, -0.25) is 0 Å². The van der Waals surface area contributed by atoms with E-state index in [9.17, 15) is 0 Å². The second-order valence-electron chi connectivity index (χ2n) is 16.2. The largest absolute Gasteiger partial charge is 0.462 e. The maximum atomic E-state index is 7.03. The summed E-state index contributed by atoms with van der Waals surface area (Å²) < 4.78 is 13.9. The molecule has 2 atom stereocenters. The Morgan fingerprint density at radius 2 is 1.35 bits per heavy atom. The van der Waals surface area contributed by atoms with E-state index in [1.807, 2.05) is 0 Å². The Labute approximate surface area is 274 Å². The summed E-state index contributed by atoms with van der Waals surface area (Å²) in [5, 5.41) is 0. The molecule has 2 aliphatic carbocycles. The molecule has 46 heavy (non-hydrogen) atoms. The average molecular weight is 604 g/mol. The van der Waals surface area contributed by atoms with Crippen molar-refractivity contribution in [3.05, 3.63) is 119 Å². The van der Waals surface area contributed by atoms with Crippen LogP contribution in [-0.4, -0.2) is 6.71 Å². The van der Waals surface area contributed by atoms with E-state index in [-0.39, 0.29) is 23.0 Å². The van der Waals surface area contributed by atoms with E-state index < -0.39 is 0 Å². The summed E-state index contributed by atoms with van der Waals surface area (Å²) in [6.45, 7) is 16.7. The van der Waals surface area contributed by atoms with Crippen LogP contribution in [0.3, 0.4) is 0 Å². The van der Waals surface area contributed by atoms with E-state index in [2.05, 4.69) is 144 Å². The van der Waals surface area contributed by atoms with Crippen molar-refractivity contribution in [2.75, 3.05) is 4.90 Å². The van der Waals surface area contributed by atoms with Crippen molar-refractivity contribution in [2.45, 2.75) is 66.7 Å². The molecule has 0 saturated heterocycles. The van der Waals surface area contributed by atoms with Gasteiger partial charge in [-0.15, -0.1) is 0 Å². The van der Waals surface area contributed by atoms with E-state index in [4.69, 9.17) is 9.47 Å². The zero-order chi connectivity index (χ0) is 31.7. The fraction of sp³-hybridized carbons (Fsp3) is 0.333. The van der Waals surface area contributed by atoms with Gasteiger partial charge in [0.1, 0.15) is 23.0 Å². The fourth-order valence-corrected chi connectivity index (χ4v) is 9.46. The van der Waals surface area contributed by atoms with Gasteiger partial charge in [-0.2, -0.15) is 0 Å². The first kappa shape index (κ1) is 28.1. The van der Waals surface area contributed by atoms with Crippen molar-refractivity contribution in [1.82, 2.24) is 0 Å². The van der Waals surface area contributed by atoms with Gasteiger partial charge in [0.05, 0.1) is 11.4 Å². The Morgan fingerprint density at radius 3 is 2.04 bits per heavy atom. The second kappa shape index (κ2) is 9.21. The number of ether oxygens (including phenoxy) is 2. The topological polar surface area (TPSA) is 21.7 Å². The van der Waals surface area contributed by atoms with Crippen LogP contribution in [0, 0.1) is 29.6 Å². The molecule has 0 N–H and O–H groups in total. The molecule has 4 aromatic carbocycles. The van der Waals surface area contributed by atoms with Crippen LogP contribution in [0.25, 0.3) is 0 Å². The molecule has 0 bridgehead atoms. The number of benzene rings is 4. The van der Waals surface area contributed by atoms with E-state index in [0.717, 1.165) is 34.0 Å². The van der Waals surface area contributed by atoms with E-state index in [1.54, 1.807) is 0 Å². The molecule has 3 nitrogen and oxygen atoms in total. The number of fused-ring (bicyclic) bond motifs is 7. The van der Waals surface area contributed by atoms with Gasteiger partial charge in [-0.1, -0.05) is 96.2 Å². The highest BCUT2D eigenvalue weighted by molar-refractivity contribution is 6.93. The van der Waals surface area contributed by atoms with Crippen LogP contribution in [0.2, 0.25) is 0 Å². The molecule has 3 heterocycles. The minimum Gasteiger partial charge on any atom is -0.462 e. The quantitative estimate of drug-likeness (QED) is 0.202. The van der Waals surface area contributed by atoms with Crippen molar-refractivity contribution in [3.8, 4) is 17.2 Å². The number of hydrogen-bond acceptors (Lipinski definition) is 3. The van der Waals surface area contributed by atoms with Gasteiger partial charge >= 0.3 is 0 Å². The van der Waals surface area contributed by atoms with Gasteiger partial charge in [0.2, 0.25) is 0 Å². The summed E-state index contributed by atoms with van der Waals surface area (Å²) in [7, 11) is 0. The Morgan fingerprint density at radius 1 is 0.717 bits per heavy atom. The van der Waals surface area contributed by atoms with Gasteiger partial charge in [0.15, 0.2) is 0 Å². The Hall–Kier alpha value is -4.18. The molecule has 9 rings (SSSR count). The predicted octanol–water partition coefficient (Wildman–Crippen LogP) is 9.65. The first-order valence-electron chi connectivity index (χ1n) is 17.0. The lowest BCUT2D eigenvalue weighted by molar-refractivity contribution is 0.00691. The number of hydrogen-bond donors (Lipinski definition) is 0. The van der Waals surface area contributed by atoms with Crippen LogP contribution in [0.4, 0.5) is 17.1 Å². The normalized spacial score (nSPS) is 23.5. The maximum Gasteiger partial charge on any atom is 0.260 e. The van der Waals surface area contributed by atoms with Gasteiger partial charge < -0.3 is 14.4 Å². The van der Waals surface area contributed by atoms with Crippen molar-refractivity contribution in [1.29, 1.82) is 0 Å². The lowest BCUT2D eigenvalue weighted by atomic mass is 9.32. The highest BCUT2D eigenvalue weighted by Gasteiger charge is 2.54. The lowest BCUT2D eigenvalue weighted by Gasteiger charge is -2.54. The molecule has 1 saturated carbocycles. The summed E-state index contributed by atoms with van der Waals surface area (Å²) in [5.41, 5.74) is 11.3. The number of nitrogens with zero attached hydrogens (tertiary/aromatic N) is 1. The van der Waals surface area contributed by atoms with Crippen LogP contribution in [-0.2, 0) is 5.41 Å². The number of para-hydroxylation sites is 2. The van der Waals surface area contributed by atoms with Crippen LogP contribution in [0.1, 0.15) is 71.1 Å². The SMILES string of the molecule is Cc1cc2c3c(c1)Oc1cc(N4c5ccccc5C(C)(C)c5ccccc54)ccc1B3C1=C(O2)C2[C@H](C=C1)C(C)(C)CCC2(C)C. The van der Waals surface area contributed by atoms with Crippen molar-refractivity contribution in [2.24, 2.45) is 22.7 Å². The van der Waals surface area contributed by atoms with Crippen LogP contribution in [0.15, 0.2) is 102 Å². The van der Waals surface area contributed by atoms with Gasteiger partial charge in [-0.25, -0.2) is 0 Å². The van der Waals surface area contributed by atoms with Crippen LogP contribution >= 0.6 is 0 Å². The monoisotopic (exact) mass is 603 g/mol. The Bertz CT molecular complexity index is 1980. The second-order valence-corrected chi connectivity index (χ2v) is 16.2. The Balaban J connectivity index is 1.23. The third-order valence-corrected chi connectivity index (χ3v) is 12.1. The molecule has 3 aliphatic heterocycles. The first-order valence-corrected chi connectivity index (χ1v) is 17.0. The third-order valence-electron chi connectivity index (χ3n) is 12.1. The fourth-order valence-electron chi connectivity index (χ4n) is 9.46.